The number of ether oxygens (including phenoxy) is 1. The van der Waals surface area contributed by atoms with E-state index in [-0.39, 0.29) is 23.4 Å². The molecule has 0 spiro atoms. The zero-order valence-corrected chi connectivity index (χ0v) is 15.7. The SMILES string of the molecule is CCOC(=O)c1ccc(Nc2ncnc(NC3CCCCC3)c2[N+](=O)[O-])cc1. The first kappa shape index (κ1) is 19.5. The Morgan fingerprint density at radius 2 is 1.86 bits per heavy atom. The van der Waals surface area contributed by atoms with Crippen LogP contribution in [0.4, 0.5) is 23.0 Å². The van der Waals surface area contributed by atoms with Crippen molar-refractivity contribution in [2.24, 2.45) is 0 Å². The van der Waals surface area contributed by atoms with E-state index in [2.05, 4.69) is 20.6 Å². The lowest BCUT2D eigenvalue weighted by Gasteiger charge is -2.23. The predicted octanol–water partition coefficient (Wildman–Crippen LogP) is 4.05. The van der Waals surface area contributed by atoms with Crippen molar-refractivity contribution >= 4 is 29.0 Å². The van der Waals surface area contributed by atoms with Crippen LogP contribution in [-0.2, 0) is 4.74 Å². The number of esters is 1. The summed E-state index contributed by atoms with van der Waals surface area (Å²) in [4.78, 5) is 31.0. The molecule has 0 atom stereocenters. The summed E-state index contributed by atoms with van der Waals surface area (Å²) in [5.41, 5.74) is 0.783. The number of rotatable bonds is 7. The number of benzene rings is 1. The second-order valence-corrected chi connectivity index (χ2v) is 6.58. The lowest BCUT2D eigenvalue weighted by molar-refractivity contribution is -0.383. The monoisotopic (exact) mass is 385 g/mol. The van der Waals surface area contributed by atoms with Crippen LogP contribution in [0.1, 0.15) is 49.4 Å². The predicted molar refractivity (Wildman–Crippen MR) is 105 cm³/mol. The van der Waals surface area contributed by atoms with Crippen molar-refractivity contribution in [3.05, 3.63) is 46.3 Å². The van der Waals surface area contributed by atoms with Gasteiger partial charge in [0.15, 0.2) is 0 Å². The highest BCUT2D eigenvalue weighted by Crippen LogP contribution is 2.33. The summed E-state index contributed by atoms with van der Waals surface area (Å²) in [5, 5.41) is 17.8. The molecule has 1 aliphatic carbocycles. The minimum atomic E-state index is -0.486. The van der Waals surface area contributed by atoms with Crippen LogP contribution in [0.5, 0.6) is 0 Å². The molecule has 0 saturated heterocycles. The molecule has 0 amide bonds. The van der Waals surface area contributed by atoms with Gasteiger partial charge >= 0.3 is 11.7 Å². The van der Waals surface area contributed by atoms with Gasteiger partial charge in [-0.1, -0.05) is 19.3 Å². The molecule has 148 valence electrons. The number of aromatic nitrogens is 2. The molecule has 1 aromatic heterocycles. The number of nitrogens with one attached hydrogen (secondary N) is 2. The van der Waals surface area contributed by atoms with Crippen LogP contribution >= 0.6 is 0 Å². The fraction of sp³-hybridized carbons (Fsp3) is 0.421. The number of hydrogen-bond donors (Lipinski definition) is 2. The number of nitrogens with zero attached hydrogens (tertiary/aromatic N) is 3. The van der Waals surface area contributed by atoms with Crippen LogP contribution in [-0.4, -0.2) is 33.5 Å². The first-order chi connectivity index (χ1) is 13.6. The molecule has 0 radical (unpaired) electrons. The molecule has 28 heavy (non-hydrogen) atoms. The Hall–Kier alpha value is -3.23. The lowest BCUT2D eigenvalue weighted by atomic mass is 9.95. The molecular weight excluding hydrogens is 362 g/mol. The zero-order chi connectivity index (χ0) is 19.9. The third kappa shape index (κ3) is 4.73. The van der Waals surface area contributed by atoms with Crippen LogP contribution in [0.15, 0.2) is 30.6 Å². The van der Waals surface area contributed by atoms with Crippen LogP contribution in [0.3, 0.4) is 0 Å². The number of anilines is 3. The van der Waals surface area contributed by atoms with Gasteiger partial charge < -0.3 is 15.4 Å². The molecule has 1 heterocycles. The molecule has 2 N–H and O–H groups in total. The molecular formula is C19H23N5O4. The highest BCUT2D eigenvalue weighted by atomic mass is 16.6. The van der Waals surface area contributed by atoms with Crippen LogP contribution in [0.2, 0.25) is 0 Å². The average Bonchev–Trinajstić information content (AvgIpc) is 2.69. The van der Waals surface area contributed by atoms with E-state index in [1.165, 1.54) is 12.7 Å². The first-order valence-corrected chi connectivity index (χ1v) is 9.38. The van der Waals surface area contributed by atoms with Gasteiger partial charge in [0.1, 0.15) is 6.33 Å². The van der Waals surface area contributed by atoms with Crippen molar-refractivity contribution in [3.63, 3.8) is 0 Å². The maximum absolute atomic E-state index is 11.7. The third-order valence-electron chi connectivity index (χ3n) is 4.61. The Balaban J connectivity index is 1.80. The molecule has 0 unspecified atom stereocenters. The minimum absolute atomic E-state index is 0.0993. The first-order valence-electron chi connectivity index (χ1n) is 9.38. The molecule has 9 heteroatoms. The van der Waals surface area contributed by atoms with Crippen LogP contribution < -0.4 is 10.6 Å². The number of carbonyl (C=O) groups is 1. The quantitative estimate of drug-likeness (QED) is 0.416. The van der Waals surface area contributed by atoms with E-state index in [1.54, 1.807) is 31.2 Å². The van der Waals surface area contributed by atoms with Crippen molar-refractivity contribution in [3.8, 4) is 0 Å². The van der Waals surface area contributed by atoms with Crippen LogP contribution in [0.25, 0.3) is 0 Å². The third-order valence-corrected chi connectivity index (χ3v) is 4.61. The number of nitro groups is 1. The summed E-state index contributed by atoms with van der Waals surface area (Å²) in [6, 6.07) is 6.65. The Morgan fingerprint density at radius 1 is 1.18 bits per heavy atom. The minimum Gasteiger partial charge on any atom is -0.462 e. The van der Waals surface area contributed by atoms with Crippen molar-refractivity contribution in [2.45, 2.75) is 45.1 Å². The second-order valence-electron chi connectivity index (χ2n) is 6.58. The van der Waals surface area contributed by atoms with Gasteiger partial charge in [-0.15, -0.1) is 0 Å². The molecule has 0 aliphatic heterocycles. The summed E-state index contributed by atoms with van der Waals surface area (Å²) in [5.74, 6) is -0.0965. The zero-order valence-electron chi connectivity index (χ0n) is 15.7. The van der Waals surface area contributed by atoms with E-state index in [4.69, 9.17) is 4.74 Å². The molecule has 0 bridgehead atoms. The largest absolute Gasteiger partial charge is 0.462 e. The van der Waals surface area contributed by atoms with E-state index >= 15 is 0 Å². The van der Waals surface area contributed by atoms with Crippen LogP contribution in [0, 0.1) is 10.1 Å². The normalized spacial score (nSPS) is 14.3. The van der Waals surface area contributed by atoms with Gasteiger partial charge in [0.25, 0.3) is 0 Å². The fourth-order valence-corrected chi connectivity index (χ4v) is 3.23. The maximum atomic E-state index is 11.7. The second kappa shape index (κ2) is 9.12. The molecule has 3 rings (SSSR count). The number of carbonyl (C=O) groups excluding carboxylic acids is 1. The van der Waals surface area contributed by atoms with E-state index < -0.39 is 10.9 Å². The van der Waals surface area contributed by atoms with Crippen molar-refractivity contribution in [2.75, 3.05) is 17.2 Å². The van der Waals surface area contributed by atoms with Gasteiger partial charge in [-0.25, -0.2) is 14.8 Å². The topological polar surface area (TPSA) is 119 Å². The van der Waals surface area contributed by atoms with Gasteiger partial charge in [0, 0.05) is 11.7 Å². The molecule has 1 fully saturated rings. The van der Waals surface area contributed by atoms with E-state index in [0.717, 1.165) is 25.7 Å². The summed E-state index contributed by atoms with van der Waals surface area (Å²) in [7, 11) is 0. The molecule has 9 nitrogen and oxygen atoms in total. The lowest BCUT2D eigenvalue weighted by Crippen LogP contribution is -2.23. The number of hydrogen-bond acceptors (Lipinski definition) is 8. The Kier molecular flexibility index (Phi) is 6.36. The van der Waals surface area contributed by atoms with Gasteiger partial charge in [0.2, 0.25) is 11.6 Å². The highest BCUT2D eigenvalue weighted by molar-refractivity contribution is 5.90. The fourth-order valence-electron chi connectivity index (χ4n) is 3.23. The smallest absolute Gasteiger partial charge is 0.353 e. The van der Waals surface area contributed by atoms with E-state index in [9.17, 15) is 14.9 Å². The standard InChI is InChI=1S/C19H23N5O4/c1-2-28-19(25)13-8-10-15(11-9-13)23-18-16(24(26)27)17(20-12-21-18)22-14-6-4-3-5-7-14/h8-12,14H,2-7H2,1H3,(H2,20,21,22,23). The summed E-state index contributed by atoms with van der Waals surface area (Å²) >= 11 is 0. The summed E-state index contributed by atoms with van der Waals surface area (Å²) in [6.07, 6.45) is 6.65. The van der Waals surface area contributed by atoms with E-state index in [0.29, 0.717) is 17.9 Å². The maximum Gasteiger partial charge on any atom is 0.353 e. The summed E-state index contributed by atoms with van der Waals surface area (Å²) < 4.78 is 4.95. The van der Waals surface area contributed by atoms with Crippen molar-refractivity contribution < 1.29 is 14.5 Å². The van der Waals surface area contributed by atoms with Gasteiger partial charge in [-0.3, -0.25) is 10.1 Å². The Morgan fingerprint density at radius 3 is 2.50 bits per heavy atom. The van der Waals surface area contributed by atoms with E-state index in [1.807, 2.05) is 0 Å². The molecule has 1 aromatic carbocycles. The Bertz CT molecular complexity index is 835. The molecule has 2 aromatic rings. The summed E-state index contributed by atoms with van der Waals surface area (Å²) in [6.45, 7) is 2.03. The van der Waals surface area contributed by atoms with Crippen molar-refractivity contribution in [1.82, 2.24) is 9.97 Å². The molecule has 1 aliphatic rings. The highest BCUT2D eigenvalue weighted by Gasteiger charge is 2.25. The van der Waals surface area contributed by atoms with Gasteiger partial charge in [-0.2, -0.15) is 0 Å². The van der Waals surface area contributed by atoms with Gasteiger partial charge in [0.05, 0.1) is 17.1 Å². The molecule has 1 saturated carbocycles. The Labute approximate surface area is 162 Å². The van der Waals surface area contributed by atoms with Gasteiger partial charge in [-0.05, 0) is 44.0 Å². The van der Waals surface area contributed by atoms with Crippen molar-refractivity contribution in [1.29, 1.82) is 0 Å². The average molecular weight is 385 g/mol.